The second kappa shape index (κ2) is 4.98. The van der Waals surface area contributed by atoms with Gasteiger partial charge in [0.25, 0.3) is 0 Å². The Balaban J connectivity index is 3.03. The number of nitrogens with two attached hydrogens (primary N) is 1. The van der Waals surface area contributed by atoms with E-state index in [1.54, 1.807) is 14.2 Å². The Morgan fingerprint density at radius 3 is 2.57 bits per heavy atom. The highest BCUT2D eigenvalue weighted by Crippen LogP contribution is 2.22. The van der Waals surface area contributed by atoms with Crippen molar-refractivity contribution in [3.63, 3.8) is 0 Å². The van der Waals surface area contributed by atoms with Crippen molar-refractivity contribution in [3.05, 3.63) is 29.3 Å². The molecule has 14 heavy (non-hydrogen) atoms. The fourth-order valence-corrected chi connectivity index (χ4v) is 1.41. The van der Waals surface area contributed by atoms with Crippen molar-refractivity contribution in [2.75, 3.05) is 14.2 Å². The highest BCUT2D eigenvalue weighted by atomic mass is 16.5. The normalized spacial score (nSPS) is 12.6. The van der Waals surface area contributed by atoms with Gasteiger partial charge < -0.3 is 15.2 Å². The third kappa shape index (κ3) is 2.47. The molecule has 78 valence electrons. The molecule has 3 heteroatoms. The van der Waals surface area contributed by atoms with Gasteiger partial charge in [-0.15, -0.1) is 0 Å². The molecule has 0 aromatic heterocycles. The van der Waals surface area contributed by atoms with Crippen LogP contribution in [-0.4, -0.2) is 14.2 Å². The van der Waals surface area contributed by atoms with Crippen LogP contribution in [0.3, 0.4) is 0 Å². The Labute approximate surface area is 84.8 Å². The first-order valence-electron chi connectivity index (χ1n) is 4.60. The largest absolute Gasteiger partial charge is 0.497 e. The summed E-state index contributed by atoms with van der Waals surface area (Å²) in [6, 6.07) is 5.86. The first kappa shape index (κ1) is 11.0. The van der Waals surface area contributed by atoms with Crippen molar-refractivity contribution >= 4 is 0 Å². The number of hydrogen-bond acceptors (Lipinski definition) is 3. The Morgan fingerprint density at radius 2 is 2.07 bits per heavy atom. The van der Waals surface area contributed by atoms with Crippen LogP contribution in [0.25, 0.3) is 0 Å². The second-order valence-corrected chi connectivity index (χ2v) is 3.29. The number of methoxy groups -OCH3 is 2. The Bertz CT molecular complexity index is 297. The average Bonchev–Trinajstić information content (AvgIpc) is 2.18. The predicted molar refractivity (Wildman–Crippen MR) is 56.3 cm³/mol. The lowest BCUT2D eigenvalue weighted by atomic mass is 10.0. The Hall–Kier alpha value is -1.06. The lowest BCUT2D eigenvalue weighted by molar-refractivity contribution is 0.183. The number of rotatable bonds is 4. The third-order valence-electron chi connectivity index (χ3n) is 2.14. The summed E-state index contributed by atoms with van der Waals surface area (Å²) < 4.78 is 10.2. The number of benzene rings is 1. The summed E-state index contributed by atoms with van der Waals surface area (Å²) in [6.45, 7) is 2.54. The molecule has 0 saturated heterocycles. The van der Waals surface area contributed by atoms with E-state index < -0.39 is 0 Å². The minimum absolute atomic E-state index is 0.00440. The van der Waals surface area contributed by atoms with E-state index in [9.17, 15) is 0 Å². The van der Waals surface area contributed by atoms with Crippen molar-refractivity contribution in [2.45, 2.75) is 19.6 Å². The maximum atomic E-state index is 5.86. The molecule has 0 amide bonds. The standard InChI is InChI=1S/C11H17NO2/c1-8(12)11-6-10(14-3)5-4-9(11)7-13-2/h4-6,8H,7,12H2,1-3H3. The van der Waals surface area contributed by atoms with Crippen LogP contribution in [0.1, 0.15) is 24.1 Å². The summed E-state index contributed by atoms with van der Waals surface area (Å²) in [6.07, 6.45) is 0. The summed E-state index contributed by atoms with van der Waals surface area (Å²) in [5.41, 5.74) is 8.05. The van der Waals surface area contributed by atoms with Gasteiger partial charge in [0.1, 0.15) is 5.75 Å². The molecule has 3 nitrogen and oxygen atoms in total. The van der Waals surface area contributed by atoms with Crippen molar-refractivity contribution in [1.29, 1.82) is 0 Å². The molecule has 0 fully saturated rings. The molecule has 1 aromatic rings. The van der Waals surface area contributed by atoms with Gasteiger partial charge in [0, 0.05) is 13.2 Å². The molecular weight excluding hydrogens is 178 g/mol. The van der Waals surface area contributed by atoms with Crippen molar-refractivity contribution in [2.24, 2.45) is 5.73 Å². The lowest BCUT2D eigenvalue weighted by Crippen LogP contribution is -2.09. The highest BCUT2D eigenvalue weighted by Gasteiger charge is 2.07. The lowest BCUT2D eigenvalue weighted by Gasteiger charge is -2.13. The van der Waals surface area contributed by atoms with Crippen LogP contribution in [0.5, 0.6) is 5.75 Å². The maximum absolute atomic E-state index is 5.86. The Morgan fingerprint density at radius 1 is 1.36 bits per heavy atom. The first-order chi connectivity index (χ1) is 6.69. The molecule has 0 radical (unpaired) electrons. The van der Waals surface area contributed by atoms with Gasteiger partial charge >= 0.3 is 0 Å². The molecule has 1 unspecified atom stereocenters. The van der Waals surface area contributed by atoms with E-state index in [0.717, 1.165) is 16.9 Å². The van der Waals surface area contributed by atoms with Crippen molar-refractivity contribution < 1.29 is 9.47 Å². The highest BCUT2D eigenvalue weighted by molar-refractivity contribution is 5.37. The van der Waals surface area contributed by atoms with Crippen LogP contribution in [0.2, 0.25) is 0 Å². The van der Waals surface area contributed by atoms with E-state index >= 15 is 0 Å². The molecule has 1 atom stereocenters. The average molecular weight is 195 g/mol. The molecule has 1 rings (SSSR count). The van der Waals surface area contributed by atoms with Crippen molar-refractivity contribution in [1.82, 2.24) is 0 Å². The van der Waals surface area contributed by atoms with Crippen LogP contribution < -0.4 is 10.5 Å². The summed E-state index contributed by atoms with van der Waals surface area (Å²) >= 11 is 0. The van der Waals surface area contributed by atoms with Crippen LogP contribution in [0.15, 0.2) is 18.2 Å². The molecule has 0 aliphatic heterocycles. The van der Waals surface area contributed by atoms with E-state index in [1.165, 1.54) is 0 Å². The first-order valence-corrected chi connectivity index (χ1v) is 4.60. The summed E-state index contributed by atoms with van der Waals surface area (Å²) in [7, 11) is 3.32. The molecule has 0 spiro atoms. The monoisotopic (exact) mass is 195 g/mol. The summed E-state index contributed by atoms with van der Waals surface area (Å²) in [4.78, 5) is 0. The Kier molecular flexibility index (Phi) is 3.92. The molecule has 0 heterocycles. The van der Waals surface area contributed by atoms with Gasteiger partial charge in [-0.3, -0.25) is 0 Å². The zero-order chi connectivity index (χ0) is 10.6. The van der Waals surface area contributed by atoms with E-state index in [2.05, 4.69) is 0 Å². The van der Waals surface area contributed by atoms with E-state index in [-0.39, 0.29) is 6.04 Å². The SMILES string of the molecule is COCc1ccc(OC)cc1C(C)N. The molecule has 1 aromatic carbocycles. The molecule has 0 aliphatic carbocycles. The molecular formula is C11H17NO2. The van der Waals surface area contributed by atoms with Crippen molar-refractivity contribution in [3.8, 4) is 5.75 Å². The van der Waals surface area contributed by atoms with Gasteiger partial charge in [-0.05, 0) is 30.2 Å². The van der Waals surface area contributed by atoms with Crippen LogP contribution in [-0.2, 0) is 11.3 Å². The third-order valence-corrected chi connectivity index (χ3v) is 2.14. The number of hydrogen-bond donors (Lipinski definition) is 1. The molecule has 0 saturated carbocycles. The fourth-order valence-electron chi connectivity index (χ4n) is 1.41. The minimum Gasteiger partial charge on any atom is -0.497 e. The maximum Gasteiger partial charge on any atom is 0.119 e. The predicted octanol–water partition coefficient (Wildman–Crippen LogP) is 1.86. The topological polar surface area (TPSA) is 44.5 Å². The zero-order valence-corrected chi connectivity index (χ0v) is 8.91. The van der Waals surface area contributed by atoms with E-state index in [0.29, 0.717) is 6.61 Å². The summed E-state index contributed by atoms with van der Waals surface area (Å²) in [5.74, 6) is 0.831. The zero-order valence-electron chi connectivity index (χ0n) is 8.91. The molecule has 2 N–H and O–H groups in total. The molecule has 0 bridgehead atoms. The van der Waals surface area contributed by atoms with Gasteiger partial charge in [-0.25, -0.2) is 0 Å². The van der Waals surface area contributed by atoms with Crippen LogP contribution in [0.4, 0.5) is 0 Å². The molecule has 0 aliphatic rings. The van der Waals surface area contributed by atoms with Gasteiger partial charge in [0.2, 0.25) is 0 Å². The minimum atomic E-state index is -0.00440. The van der Waals surface area contributed by atoms with E-state index in [1.807, 2.05) is 25.1 Å². The van der Waals surface area contributed by atoms with Gasteiger partial charge in [0.15, 0.2) is 0 Å². The fraction of sp³-hybridized carbons (Fsp3) is 0.455. The quantitative estimate of drug-likeness (QED) is 0.797. The smallest absolute Gasteiger partial charge is 0.119 e. The number of ether oxygens (including phenoxy) is 2. The van der Waals surface area contributed by atoms with Crippen LogP contribution >= 0.6 is 0 Å². The van der Waals surface area contributed by atoms with E-state index in [4.69, 9.17) is 15.2 Å². The van der Waals surface area contributed by atoms with Gasteiger partial charge in [0.05, 0.1) is 13.7 Å². The second-order valence-electron chi connectivity index (χ2n) is 3.29. The van der Waals surface area contributed by atoms with Crippen LogP contribution in [0, 0.1) is 0 Å². The summed E-state index contributed by atoms with van der Waals surface area (Å²) in [5, 5.41) is 0. The van der Waals surface area contributed by atoms with Gasteiger partial charge in [-0.2, -0.15) is 0 Å². The van der Waals surface area contributed by atoms with Gasteiger partial charge in [-0.1, -0.05) is 6.07 Å².